The second kappa shape index (κ2) is 6.33. The van der Waals surface area contributed by atoms with Crippen molar-refractivity contribution in [1.29, 1.82) is 0 Å². The first kappa shape index (κ1) is 12.8. The molecule has 0 radical (unpaired) electrons. The van der Waals surface area contributed by atoms with Crippen LogP contribution in [-0.4, -0.2) is 28.8 Å². The molecule has 2 unspecified atom stereocenters. The monoisotopic (exact) mass is 223 g/mol. The lowest BCUT2D eigenvalue weighted by Crippen LogP contribution is -2.21. The van der Waals surface area contributed by atoms with Gasteiger partial charge in [0.05, 0.1) is 6.10 Å². The molecular weight excluding hydrogens is 202 g/mol. The van der Waals surface area contributed by atoms with Crippen molar-refractivity contribution in [3.8, 4) is 0 Å². The van der Waals surface area contributed by atoms with Crippen molar-refractivity contribution in [1.82, 2.24) is 4.98 Å². The van der Waals surface area contributed by atoms with Gasteiger partial charge in [0.2, 0.25) is 0 Å². The molecule has 4 nitrogen and oxygen atoms in total. The average molecular weight is 223 g/mol. The first-order valence-corrected chi connectivity index (χ1v) is 5.77. The SMILES string of the molecule is CCNc1cccc(NC(C)CC(C)O)n1. The van der Waals surface area contributed by atoms with Gasteiger partial charge in [-0.15, -0.1) is 0 Å². The summed E-state index contributed by atoms with van der Waals surface area (Å²) in [5, 5.41) is 15.7. The number of nitrogens with one attached hydrogen (secondary N) is 2. The molecule has 1 aromatic rings. The topological polar surface area (TPSA) is 57.2 Å². The van der Waals surface area contributed by atoms with Crippen LogP contribution in [0.25, 0.3) is 0 Å². The van der Waals surface area contributed by atoms with Gasteiger partial charge in [0.1, 0.15) is 11.6 Å². The lowest BCUT2D eigenvalue weighted by atomic mass is 10.1. The normalized spacial score (nSPS) is 14.2. The average Bonchev–Trinajstić information content (AvgIpc) is 2.17. The van der Waals surface area contributed by atoms with Crippen molar-refractivity contribution in [2.24, 2.45) is 0 Å². The van der Waals surface area contributed by atoms with Gasteiger partial charge in [-0.2, -0.15) is 0 Å². The molecule has 1 aromatic heterocycles. The van der Waals surface area contributed by atoms with Crippen molar-refractivity contribution in [3.63, 3.8) is 0 Å². The maximum absolute atomic E-state index is 9.27. The van der Waals surface area contributed by atoms with Crippen molar-refractivity contribution >= 4 is 11.6 Å². The molecule has 3 N–H and O–H groups in total. The molecule has 0 aliphatic carbocycles. The predicted octanol–water partition coefficient (Wildman–Crippen LogP) is 2.08. The smallest absolute Gasteiger partial charge is 0.128 e. The Bertz CT molecular complexity index is 315. The van der Waals surface area contributed by atoms with Gasteiger partial charge >= 0.3 is 0 Å². The largest absolute Gasteiger partial charge is 0.393 e. The summed E-state index contributed by atoms with van der Waals surface area (Å²) in [5.74, 6) is 1.71. The van der Waals surface area contributed by atoms with Crippen LogP contribution in [0.2, 0.25) is 0 Å². The van der Waals surface area contributed by atoms with E-state index in [1.807, 2.05) is 32.0 Å². The Kier molecular flexibility index (Phi) is 5.05. The molecular formula is C12H21N3O. The quantitative estimate of drug-likeness (QED) is 0.691. The Hall–Kier alpha value is -1.29. The van der Waals surface area contributed by atoms with E-state index in [2.05, 4.69) is 15.6 Å². The second-order valence-corrected chi connectivity index (χ2v) is 4.07. The minimum absolute atomic E-state index is 0.212. The van der Waals surface area contributed by atoms with Gasteiger partial charge in [0, 0.05) is 12.6 Å². The highest BCUT2D eigenvalue weighted by Gasteiger charge is 2.06. The van der Waals surface area contributed by atoms with Crippen molar-refractivity contribution in [2.75, 3.05) is 17.2 Å². The third-order valence-corrected chi connectivity index (χ3v) is 2.20. The van der Waals surface area contributed by atoms with Gasteiger partial charge in [-0.1, -0.05) is 6.07 Å². The molecule has 2 atom stereocenters. The Morgan fingerprint density at radius 1 is 1.31 bits per heavy atom. The Balaban J connectivity index is 2.55. The second-order valence-electron chi connectivity index (χ2n) is 4.07. The Morgan fingerprint density at radius 3 is 2.62 bits per heavy atom. The first-order valence-electron chi connectivity index (χ1n) is 5.77. The van der Waals surface area contributed by atoms with E-state index in [1.165, 1.54) is 0 Å². The van der Waals surface area contributed by atoms with Crippen LogP contribution in [0.15, 0.2) is 18.2 Å². The van der Waals surface area contributed by atoms with Crippen LogP contribution in [0, 0.1) is 0 Å². The predicted molar refractivity (Wildman–Crippen MR) is 67.8 cm³/mol. The lowest BCUT2D eigenvalue weighted by molar-refractivity contribution is 0.179. The fourth-order valence-electron chi connectivity index (χ4n) is 1.62. The number of aromatic nitrogens is 1. The molecule has 1 heterocycles. The molecule has 0 fully saturated rings. The molecule has 0 saturated carbocycles. The molecule has 0 bridgehead atoms. The van der Waals surface area contributed by atoms with E-state index in [0.29, 0.717) is 6.42 Å². The van der Waals surface area contributed by atoms with Gasteiger partial charge in [0.25, 0.3) is 0 Å². The van der Waals surface area contributed by atoms with Gasteiger partial charge in [-0.25, -0.2) is 4.98 Å². The molecule has 0 saturated heterocycles. The summed E-state index contributed by atoms with van der Waals surface area (Å²) in [5.41, 5.74) is 0. The van der Waals surface area contributed by atoms with Crippen LogP contribution in [0.4, 0.5) is 11.6 Å². The molecule has 90 valence electrons. The number of anilines is 2. The summed E-state index contributed by atoms with van der Waals surface area (Å²) in [6.45, 7) is 6.73. The highest BCUT2D eigenvalue weighted by molar-refractivity contribution is 5.45. The van der Waals surface area contributed by atoms with Gasteiger partial charge in [0.15, 0.2) is 0 Å². The third kappa shape index (κ3) is 4.49. The van der Waals surface area contributed by atoms with E-state index in [1.54, 1.807) is 6.92 Å². The number of hydrogen-bond acceptors (Lipinski definition) is 4. The van der Waals surface area contributed by atoms with Gasteiger partial charge in [-0.3, -0.25) is 0 Å². The fraction of sp³-hybridized carbons (Fsp3) is 0.583. The van der Waals surface area contributed by atoms with Gasteiger partial charge < -0.3 is 15.7 Å². The molecule has 4 heteroatoms. The van der Waals surface area contributed by atoms with E-state index in [4.69, 9.17) is 0 Å². The number of hydrogen-bond donors (Lipinski definition) is 3. The number of rotatable bonds is 6. The molecule has 0 aromatic carbocycles. The molecule has 0 amide bonds. The molecule has 0 aliphatic heterocycles. The zero-order valence-electron chi connectivity index (χ0n) is 10.2. The standard InChI is InChI=1S/C12H21N3O/c1-4-13-11-6-5-7-12(15-11)14-9(2)8-10(3)16/h5-7,9-10,16H,4,8H2,1-3H3,(H2,13,14,15). The van der Waals surface area contributed by atoms with Gasteiger partial charge in [-0.05, 0) is 39.3 Å². The van der Waals surface area contributed by atoms with E-state index in [0.717, 1.165) is 18.2 Å². The van der Waals surface area contributed by atoms with Crippen LogP contribution < -0.4 is 10.6 Å². The van der Waals surface area contributed by atoms with Crippen molar-refractivity contribution in [3.05, 3.63) is 18.2 Å². The summed E-state index contributed by atoms with van der Waals surface area (Å²) in [4.78, 5) is 4.41. The fourth-order valence-corrected chi connectivity index (χ4v) is 1.62. The molecule has 0 spiro atoms. The Labute approximate surface area is 97.1 Å². The summed E-state index contributed by atoms with van der Waals surface area (Å²) in [6.07, 6.45) is 0.423. The highest BCUT2D eigenvalue weighted by atomic mass is 16.3. The third-order valence-electron chi connectivity index (χ3n) is 2.20. The molecule has 1 rings (SSSR count). The summed E-state index contributed by atoms with van der Waals surface area (Å²) >= 11 is 0. The highest BCUT2D eigenvalue weighted by Crippen LogP contribution is 2.11. The van der Waals surface area contributed by atoms with Crippen LogP contribution in [-0.2, 0) is 0 Å². The zero-order valence-corrected chi connectivity index (χ0v) is 10.2. The van der Waals surface area contributed by atoms with Crippen molar-refractivity contribution in [2.45, 2.75) is 39.3 Å². The summed E-state index contributed by atoms with van der Waals surface area (Å²) in [6, 6.07) is 6.04. The number of nitrogens with zero attached hydrogens (tertiary/aromatic N) is 1. The minimum atomic E-state index is -0.292. The number of aliphatic hydroxyl groups is 1. The van der Waals surface area contributed by atoms with E-state index in [9.17, 15) is 5.11 Å². The molecule has 16 heavy (non-hydrogen) atoms. The number of aliphatic hydroxyl groups excluding tert-OH is 1. The summed E-state index contributed by atoms with van der Waals surface area (Å²) in [7, 11) is 0. The Morgan fingerprint density at radius 2 is 2.00 bits per heavy atom. The van der Waals surface area contributed by atoms with Crippen LogP contribution in [0.1, 0.15) is 27.2 Å². The minimum Gasteiger partial charge on any atom is -0.393 e. The maximum atomic E-state index is 9.27. The van der Waals surface area contributed by atoms with E-state index in [-0.39, 0.29) is 12.1 Å². The van der Waals surface area contributed by atoms with Crippen molar-refractivity contribution < 1.29 is 5.11 Å². The molecule has 0 aliphatic rings. The maximum Gasteiger partial charge on any atom is 0.128 e. The van der Waals surface area contributed by atoms with Crippen LogP contribution >= 0.6 is 0 Å². The first-order chi connectivity index (χ1) is 7.61. The number of pyridine rings is 1. The summed E-state index contributed by atoms with van der Waals surface area (Å²) < 4.78 is 0. The zero-order chi connectivity index (χ0) is 12.0. The van der Waals surface area contributed by atoms with Crippen LogP contribution in [0.5, 0.6) is 0 Å². The lowest BCUT2D eigenvalue weighted by Gasteiger charge is -2.16. The van der Waals surface area contributed by atoms with Crippen LogP contribution in [0.3, 0.4) is 0 Å². The van der Waals surface area contributed by atoms with E-state index >= 15 is 0 Å². The van der Waals surface area contributed by atoms with E-state index < -0.39 is 0 Å².